The Bertz CT molecular complexity index is 1320. The zero-order valence-corrected chi connectivity index (χ0v) is 33.0. The number of rotatable bonds is 26. The van der Waals surface area contributed by atoms with Gasteiger partial charge in [0.15, 0.2) is 11.4 Å². The SMILES string of the molecule is CC#CCOc1ccc(C[C@H](NC(=O)[C@@H](/C=C/CCCCCCC2(CCCCCCC)OCCO2)[C@@](O)(CCOC)C(=O)OC(C)(C)C)C(=O)O)cc1. The molecular formula is C42H65NO10. The molecule has 0 unspecified atom stereocenters. The van der Waals surface area contributed by atoms with Gasteiger partial charge in [-0.25, -0.2) is 9.59 Å². The van der Waals surface area contributed by atoms with Crippen molar-refractivity contribution in [3.8, 4) is 17.6 Å². The third-order valence-electron chi connectivity index (χ3n) is 9.18. The first-order chi connectivity index (χ1) is 25.3. The van der Waals surface area contributed by atoms with Crippen LogP contribution >= 0.6 is 0 Å². The molecule has 1 aliphatic rings. The molecule has 0 radical (unpaired) electrons. The van der Waals surface area contributed by atoms with Gasteiger partial charge in [0, 0.05) is 39.4 Å². The van der Waals surface area contributed by atoms with E-state index in [1.54, 1.807) is 58.0 Å². The Balaban J connectivity index is 2.13. The lowest BCUT2D eigenvalue weighted by Crippen LogP contribution is -2.56. The number of carboxylic acid groups (broad SMARTS) is 1. The van der Waals surface area contributed by atoms with E-state index in [-0.39, 0.29) is 26.1 Å². The Morgan fingerprint density at radius 2 is 1.60 bits per heavy atom. The molecule has 1 aliphatic heterocycles. The third-order valence-corrected chi connectivity index (χ3v) is 9.18. The van der Waals surface area contributed by atoms with E-state index >= 15 is 0 Å². The van der Waals surface area contributed by atoms with E-state index in [2.05, 4.69) is 24.1 Å². The molecule has 3 atom stereocenters. The predicted octanol–water partition coefficient (Wildman–Crippen LogP) is 6.93. The van der Waals surface area contributed by atoms with Crippen LogP contribution < -0.4 is 10.1 Å². The number of carboxylic acids is 1. The zero-order valence-electron chi connectivity index (χ0n) is 33.0. The minimum atomic E-state index is -2.32. The van der Waals surface area contributed by atoms with E-state index in [0.717, 1.165) is 44.9 Å². The van der Waals surface area contributed by atoms with Gasteiger partial charge in [0.25, 0.3) is 0 Å². The highest BCUT2D eigenvalue weighted by molar-refractivity contribution is 5.93. The summed E-state index contributed by atoms with van der Waals surface area (Å²) in [6.07, 6.45) is 15.1. The number of carbonyl (C=O) groups excluding carboxylic acids is 2. The first-order valence-electron chi connectivity index (χ1n) is 19.3. The fourth-order valence-electron chi connectivity index (χ4n) is 6.23. The zero-order chi connectivity index (χ0) is 39.2. The van der Waals surface area contributed by atoms with Gasteiger partial charge in [0.2, 0.25) is 5.91 Å². The quantitative estimate of drug-likeness (QED) is 0.0395. The summed E-state index contributed by atoms with van der Waals surface area (Å²) >= 11 is 0. The molecule has 298 valence electrons. The van der Waals surface area contributed by atoms with Crippen LogP contribution in [0.4, 0.5) is 0 Å². The lowest BCUT2D eigenvalue weighted by Gasteiger charge is -2.34. The smallest absolute Gasteiger partial charge is 0.339 e. The van der Waals surface area contributed by atoms with Crippen molar-refractivity contribution in [1.29, 1.82) is 0 Å². The van der Waals surface area contributed by atoms with Crippen LogP contribution in [0.25, 0.3) is 0 Å². The molecule has 11 nitrogen and oxygen atoms in total. The van der Waals surface area contributed by atoms with Gasteiger partial charge in [-0.05, 0) is 71.1 Å². The van der Waals surface area contributed by atoms with Crippen LogP contribution in [0.2, 0.25) is 0 Å². The van der Waals surface area contributed by atoms with E-state index in [4.69, 9.17) is 23.7 Å². The van der Waals surface area contributed by atoms with Crippen molar-refractivity contribution in [3.63, 3.8) is 0 Å². The summed E-state index contributed by atoms with van der Waals surface area (Å²) in [4.78, 5) is 39.8. The van der Waals surface area contributed by atoms with Crippen LogP contribution in [0.3, 0.4) is 0 Å². The van der Waals surface area contributed by atoms with E-state index in [1.165, 1.54) is 38.9 Å². The molecule has 0 aliphatic carbocycles. The maximum Gasteiger partial charge on any atom is 0.339 e. The number of unbranched alkanes of at least 4 members (excludes halogenated alkanes) is 8. The molecular weight excluding hydrogens is 678 g/mol. The van der Waals surface area contributed by atoms with E-state index in [1.807, 2.05) is 0 Å². The average molecular weight is 744 g/mol. The molecule has 1 aromatic carbocycles. The van der Waals surface area contributed by atoms with Crippen molar-refractivity contribution >= 4 is 17.8 Å². The standard InChI is InChI=1S/C42H65NO10/c1-7-9-11-15-18-25-41(51-30-31-52-41)26-19-16-13-12-14-17-20-35(42(48,27-29-49-6)39(47)53-40(3,4)5)37(44)43-36(38(45)46)32-33-21-23-34(24-22-33)50-28-10-8-2/h17,20-24,35-36,48H,7,9,11-16,18-19,25-32H2,1-6H3,(H,43,44)(H,45,46)/b20-17+/t35-,36+,42+/m1/s1. The Labute approximate surface area is 317 Å². The molecule has 1 fully saturated rings. The maximum atomic E-state index is 13.9. The number of aliphatic carboxylic acids is 1. The Kier molecular flexibility index (Phi) is 20.8. The summed E-state index contributed by atoms with van der Waals surface area (Å²) in [6, 6.07) is 5.50. The molecule has 1 heterocycles. The van der Waals surface area contributed by atoms with E-state index in [9.17, 15) is 24.6 Å². The molecule has 2 rings (SSSR count). The minimum absolute atomic E-state index is 0.0360. The van der Waals surface area contributed by atoms with Crippen molar-refractivity contribution in [2.24, 2.45) is 5.92 Å². The van der Waals surface area contributed by atoms with Crippen molar-refractivity contribution in [2.75, 3.05) is 33.5 Å². The van der Waals surface area contributed by atoms with Gasteiger partial charge in [0.05, 0.1) is 19.1 Å². The second-order valence-electron chi connectivity index (χ2n) is 14.8. The molecule has 0 saturated carbocycles. The fraction of sp³-hybridized carbons (Fsp3) is 0.690. The molecule has 1 aromatic rings. The Morgan fingerprint density at radius 1 is 0.981 bits per heavy atom. The average Bonchev–Trinajstić information content (AvgIpc) is 3.58. The number of nitrogens with one attached hydrogen (secondary N) is 1. The van der Waals surface area contributed by atoms with Gasteiger partial charge in [0.1, 0.15) is 24.0 Å². The summed E-state index contributed by atoms with van der Waals surface area (Å²) in [6.45, 7) is 10.4. The molecule has 0 spiro atoms. The fourth-order valence-corrected chi connectivity index (χ4v) is 6.23. The number of benzene rings is 1. The van der Waals surface area contributed by atoms with Crippen LogP contribution in [0.5, 0.6) is 5.75 Å². The topological polar surface area (TPSA) is 150 Å². The highest BCUT2D eigenvalue weighted by Gasteiger charge is 2.49. The van der Waals surface area contributed by atoms with Crippen molar-refractivity contribution in [1.82, 2.24) is 5.32 Å². The summed E-state index contributed by atoms with van der Waals surface area (Å²) < 4.78 is 28.4. The monoisotopic (exact) mass is 743 g/mol. The first-order valence-corrected chi connectivity index (χ1v) is 19.3. The normalized spacial score (nSPS) is 16.3. The molecule has 53 heavy (non-hydrogen) atoms. The van der Waals surface area contributed by atoms with Crippen LogP contribution in [-0.2, 0) is 39.8 Å². The molecule has 0 aromatic heterocycles. The summed E-state index contributed by atoms with van der Waals surface area (Å²) in [5.41, 5.74) is -2.63. The highest BCUT2D eigenvalue weighted by atomic mass is 16.7. The molecule has 3 N–H and O–H groups in total. The molecule has 0 bridgehead atoms. The number of methoxy groups -OCH3 is 1. The number of esters is 1. The second-order valence-corrected chi connectivity index (χ2v) is 14.8. The van der Waals surface area contributed by atoms with Gasteiger partial charge in [-0.2, -0.15) is 0 Å². The first kappa shape index (κ1) is 45.7. The van der Waals surface area contributed by atoms with E-state index < -0.39 is 46.8 Å². The van der Waals surface area contributed by atoms with Crippen molar-refractivity contribution in [3.05, 3.63) is 42.0 Å². The van der Waals surface area contributed by atoms with Crippen molar-refractivity contribution < 1.29 is 48.3 Å². The third kappa shape index (κ3) is 17.1. The number of amides is 1. The number of carbonyl (C=O) groups is 3. The van der Waals surface area contributed by atoms with Crippen LogP contribution in [0.1, 0.15) is 124 Å². The van der Waals surface area contributed by atoms with Gasteiger partial charge in [-0.15, -0.1) is 5.92 Å². The number of aliphatic hydroxyl groups is 1. The maximum absolute atomic E-state index is 13.9. The molecule has 1 amide bonds. The predicted molar refractivity (Wildman–Crippen MR) is 204 cm³/mol. The van der Waals surface area contributed by atoms with Gasteiger partial charge < -0.3 is 39.2 Å². The molecule has 11 heteroatoms. The Hall–Kier alpha value is -3.43. The lowest BCUT2D eigenvalue weighted by molar-refractivity contribution is -0.185. The van der Waals surface area contributed by atoms with E-state index in [0.29, 0.717) is 30.9 Å². The minimum Gasteiger partial charge on any atom is -0.481 e. The second kappa shape index (κ2) is 24.1. The Morgan fingerprint density at radius 3 is 2.17 bits per heavy atom. The largest absolute Gasteiger partial charge is 0.481 e. The van der Waals surface area contributed by atoms with Gasteiger partial charge >= 0.3 is 11.9 Å². The van der Waals surface area contributed by atoms with Crippen molar-refractivity contribution in [2.45, 2.75) is 148 Å². The number of hydrogen-bond donors (Lipinski definition) is 3. The molecule has 1 saturated heterocycles. The lowest BCUT2D eigenvalue weighted by atomic mass is 9.82. The number of hydrogen-bond acceptors (Lipinski definition) is 9. The van der Waals surface area contributed by atoms with Crippen LogP contribution in [0.15, 0.2) is 36.4 Å². The van der Waals surface area contributed by atoms with Crippen LogP contribution in [0, 0.1) is 17.8 Å². The number of allylic oxidation sites excluding steroid dienone is 1. The van der Waals surface area contributed by atoms with Crippen LogP contribution in [-0.4, -0.2) is 84.6 Å². The summed E-state index contributed by atoms with van der Waals surface area (Å²) in [5, 5.41) is 24.6. The highest BCUT2D eigenvalue weighted by Crippen LogP contribution is 2.32. The summed E-state index contributed by atoms with van der Waals surface area (Å²) in [7, 11) is 1.43. The summed E-state index contributed by atoms with van der Waals surface area (Å²) in [5.74, 6) is 1.17. The number of ether oxygens (including phenoxy) is 5. The van der Waals surface area contributed by atoms with Gasteiger partial charge in [-0.1, -0.05) is 75.7 Å². The van der Waals surface area contributed by atoms with Gasteiger partial charge in [-0.3, -0.25) is 4.79 Å².